The average molecular weight is 328 g/mol. The van der Waals surface area contributed by atoms with Gasteiger partial charge in [0.2, 0.25) is 5.91 Å². The van der Waals surface area contributed by atoms with Crippen LogP contribution in [0.3, 0.4) is 0 Å². The summed E-state index contributed by atoms with van der Waals surface area (Å²) in [7, 11) is 1.86. The smallest absolute Gasteiger partial charge is 0.242 e. The summed E-state index contributed by atoms with van der Waals surface area (Å²) in [4.78, 5) is 20.7. The van der Waals surface area contributed by atoms with Gasteiger partial charge in [0, 0.05) is 38.9 Å². The van der Waals surface area contributed by atoms with Gasteiger partial charge in [0.25, 0.3) is 0 Å². The van der Waals surface area contributed by atoms with Crippen molar-refractivity contribution in [3.8, 4) is 6.07 Å². The fraction of sp³-hybridized carbons (Fsp3) is 0.588. The van der Waals surface area contributed by atoms with E-state index in [1.807, 2.05) is 22.9 Å². The number of hydrogen-bond acceptors (Lipinski definition) is 6. The quantitative estimate of drug-likeness (QED) is 0.837. The second kappa shape index (κ2) is 7.60. The Morgan fingerprint density at radius 3 is 3.04 bits per heavy atom. The molecule has 1 aromatic heterocycles. The molecule has 7 nitrogen and oxygen atoms in total. The van der Waals surface area contributed by atoms with Crippen LogP contribution in [0.1, 0.15) is 24.8 Å². The van der Waals surface area contributed by atoms with Crippen molar-refractivity contribution in [1.29, 1.82) is 5.26 Å². The van der Waals surface area contributed by atoms with Gasteiger partial charge in [-0.05, 0) is 37.3 Å². The molecule has 2 saturated heterocycles. The molecule has 128 valence electrons. The molecule has 1 amide bonds. The number of aromatic nitrogens is 1. The topological polar surface area (TPSA) is 84.3 Å². The standard InChI is InChI=1S/C17H24N6O/c1-22(16-5-4-13(9-18)10-19-16)12-17(24)23-8-2-3-14(11-23)15-6-7-20-21-15/h4-5,10,14-15,20-21H,2-3,6-8,11-12H2,1H3. The molecule has 2 unspecified atom stereocenters. The molecule has 2 atom stereocenters. The zero-order chi connectivity index (χ0) is 16.9. The minimum absolute atomic E-state index is 0.138. The maximum atomic E-state index is 12.6. The lowest BCUT2D eigenvalue weighted by molar-refractivity contribution is -0.131. The van der Waals surface area contributed by atoms with E-state index in [0.29, 0.717) is 29.9 Å². The van der Waals surface area contributed by atoms with E-state index in [1.54, 1.807) is 12.1 Å². The highest BCUT2D eigenvalue weighted by molar-refractivity contribution is 5.81. The Bertz CT molecular complexity index is 605. The highest BCUT2D eigenvalue weighted by Crippen LogP contribution is 2.23. The summed E-state index contributed by atoms with van der Waals surface area (Å²) in [6, 6.07) is 6.02. The molecule has 0 saturated carbocycles. The van der Waals surface area contributed by atoms with Crippen LogP contribution < -0.4 is 15.8 Å². The van der Waals surface area contributed by atoms with Crippen molar-refractivity contribution in [3.63, 3.8) is 0 Å². The number of likely N-dealkylation sites (N-methyl/N-ethyl adjacent to an activating group) is 1. The van der Waals surface area contributed by atoms with E-state index in [2.05, 4.69) is 15.8 Å². The Balaban J connectivity index is 1.56. The summed E-state index contributed by atoms with van der Waals surface area (Å²) in [6.07, 6.45) is 4.90. The van der Waals surface area contributed by atoms with E-state index in [-0.39, 0.29) is 5.91 Å². The molecule has 1 aromatic rings. The van der Waals surface area contributed by atoms with E-state index >= 15 is 0 Å². The molecule has 3 heterocycles. The van der Waals surface area contributed by atoms with Gasteiger partial charge in [0.1, 0.15) is 11.9 Å². The van der Waals surface area contributed by atoms with E-state index < -0.39 is 0 Å². The van der Waals surface area contributed by atoms with Crippen molar-refractivity contribution in [2.75, 3.05) is 38.1 Å². The molecule has 0 radical (unpaired) electrons. The summed E-state index contributed by atoms with van der Waals surface area (Å²) in [5.41, 5.74) is 7.04. The molecule has 2 fully saturated rings. The highest BCUT2D eigenvalue weighted by atomic mass is 16.2. The molecule has 2 aliphatic heterocycles. The van der Waals surface area contributed by atoms with Crippen molar-refractivity contribution in [2.24, 2.45) is 5.92 Å². The number of pyridine rings is 1. The first-order chi connectivity index (χ1) is 11.7. The van der Waals surface area contributed by atoms with Crippen LogP contribution in [0.5, 0.6) is 0 Å². The molecule has 2 aliphatic rings. The highest BCUT2D eigenvalue weighted by Gasteiger charge is 2.31. The number of hydrazine groups is 1. The van der Waals surface area contributed by atoms with E-state index in [1.165, 1.54) is 12.6 Å². The zero-order valence-electron chi connectivity index (χ0n) is 14.0. The molecule has 0 aliphatic carbocycles. The van der Waals surface area contributed by atoms with Gasteiger partial charge < -0.3 is 9.80 Å². The summed E-state index contributed by atoms with van der Waals surface area (Å²) < 4.78 is 0. The maximum absolute atomic E-state index is 12.6. The van der Waals surface area contributed by atoms with Crippen molar-refractivity contribution >= 4 is 11.7 Å². The van der Waals surface area contributed by atoms with E-state index in [4.69, 9.17) is 5.26 Å². The number of likely N-dealkylation sites (tertiary alicyclic amines) is 1. The number of piperidine rings is 1. The van der Waals surface area contributed by atoms with Gasteiger partial charge in [-0.3, -0.25) is 15.6 Å². The number of carbonyl (C=O) groups excluding carboxylic acids is 1. The molecule has 2 N–H and O–H groups in total. The minimum Gasteiger partial charge on any atom is -0.350 e. The summed E-state index contributed by atoms with van der Waals surface area (Å²) in [5.74, 6) is 1.37. The van der Waals surface area contributed by atoms with Crippen LogP contribution in [0.2, 0.25) is 0 Å². The second-order valence-electron chi connectivity index (χ2n) is 6.58. The monoisotopic (exact) mass is 328 g/mol. The van der Waals surface area contributed by atoms with Crippen molar-refractivity contribution in [1.82, 2.24) is 20.7 Å². The number of hydrogen-bond donors (Lipinski definition) is 2. The summed E-state index contributed by atoms with van der Waals surface area (Å²) in [5, 5.41) is 8.82. The number of nitrogens with one attached hydrogen (secondary N) is 2. The lowest BCUT2D eigenvalue weighted by Crippen LogP contribution is -2.49. The minimum atomic E-state index is 0.138. The van der Waals surface area contributed by atoms with Crippen molar-refractivity contribution in [3.05, 3.63) is 23.9 Å². The first-order valence-corrected chi connectivity index (χ1v) is 8.51. The van der Waals surface area contributed by atoms with Gasteiger partial charge in [0.15, 0.2) is 0 Å². The van der Waals surface area contributed by atoms with Gasteiger partial charge in [-0.15, -0.1) is 0 Å². The van der Waals surface area contributed by atoms with Crippen molar-refractivity contribution < 1.29 is 4.79 Å². The predicted octanol–water partition coefficient (Wildman–Crippen LogP) is 0.495. The molecule has 0 spiro atoms. The van der Waals surface area contributed by atoms with Gasteiger partial charge in [0.05, 0.1) is 12.1 Å². The second-order valence-corrected chi connectivity index (χ2v) is 6.58. The average Bonchev–Trinajstić information content (AvgIpc) is 3.16. The third-order valence-corrected chi connectivity index (χ3v) is 4.89. The first-order valence-electron chi connectivity index (χ1n) is 8.51. The third kappa shape index (κ3) is 3.83. The van der Waals surface area contributed by atoms with Crippen molar-refractivity contribution in [2.45, 2.75) is 25.3 Å². The van der Waals surface area contributed by atoms with Crippen LogP contribution in [0, 0.1) is 17.2 Å². The van der Waals surface area contributed by atoms with Crippen LogP contribution in [0.4, 0.5) is 5.82 Å². The molecule has 7 heteroatoms. The normalized spacial score (nSPS) is 23.8. The number of anilines is 1. The predicted molar refractivity (Wildman–Crippen MR) is 91.1 cm³/mol. The Kier molecular flexibility index (Phi) is 5.28. The lowest BCUT2D eigenvalue weighted by Gasteiger charge is -2.36. The molecule has 0 aromatic carbocycles. The first kappa shape index (κ1) is 16.7. The third-order valence-electron chi connectivity index (χ3n) is 4.89. The Morgan fingerprint density at radius 2 is 2.38 bits per heavy atom. The van der Waals surface area contributed by atoms with Gasteiger partial charge in [-0.2, -0.15) is 5.26 Å². The number of rotatable bonds is 4. The fourth-order valence-electron chi connectivity index (χ4n) is 3.48. The number of carbonyl (C=O) groups is 1. The fourth-order valence-corrected chi connectivity index (χ4v) is 3.48. The number of nitrogens with zero attached hydrogens (tertiary/aromatic N) is 4. The van der Waals surface area contributed by atoms with Crippen LogP contribution in [0.15, 0.2) is 18.3 Å². The molecule has 3 rings (SSSR count). The SMILES string of the molecule is CN(CC(=O)N1CCCC(C2CCNN2)C1)c1ccc(C#N)cn1. The Morgan fingerprint density at radius 1 is 1.50 bits per heavy atom. The van der Waals surface area contributed by atoms with E-state index in [0.717, 1.165) is 32.5 Å². The Hall–Kier alpha value is -2.17. The molecule has 24 heavy (non-hydrogen) atoms. The lowest BCUT2D eigenvalue weighted by atomic mass is 9.90. The van der Waals surface area contributed by atoms with Gasteiger partial charge >= 0.3 is 0 Å². The number of amides is 1. The zero-order valence-corrected chi connectivity index (χ0v) is 14.0. The van der Waals surface area contributed by atoms with Crippen LogP contribution in [-0.4, -0.2) is 55.1 Å². The van der Waals surface area contributed by atoms with E-state index in [9.17, 15) is 4.79 Å². The molecular formula is C17H24N6O. The summed E-state index contributed by atoms with van der Waals surface area (Å²) in [6.45, 7) is 2.97. The molecular weight excluding hydrogens is 304 g/mol. The number of nitriles is 1. The van der Waals surface area contributed by atoms with Gasteiger partial charge in [-0.25, -0.2) is 4.98 Å². The Labute approximate surface area is 142 Å². The van der Waals surface area contributed by atoms with Crippen LogP contribution >= 0.6 is 0 Å². The van der Waals surface area contributed by atoms with Crippen LogP contribution in [0.25, 0.3) is 0 Å². The summed E-state index contributed by atoms with van der Waals surface area (Å²) >= 11 is 0. The van der Waals surface area contributed by atoms with Crippen LogP contribution in [-0.2, 0) is 4.79 Å². The largest absolute Gasteiger partial charge is 0.350 e. The molecule has 0 bridgehead atoms. The maximum Gasteiger partial charge on any atom is 0.242 e. The van der Waals surface area contributed by atoms with Gasteiger partial charge in [-0.1, -0.05) is 0 Å².